The van der Waals surface area contributed by atoms with E-state index >= 15 is 0 Å². The quantitative estimate of drug-likeness (QED) is 0.293. The van der Waals surface area contributed by atoms with Gasteiger partial charge in [0.2, 0.25) is 0 Å². The molecular formula is C21H46ClNO. The van der Waals surface area contributed by atoms with Crippen LogP contribution in [0.1, 0.15) is 104 Å². The molecule has 24 heavy (non-hydrogen) atoms. The van der Waals surface area contributed by atoms with Crippen LogP contribution < -0.4 is 12.4 Å². The number of hydrogen-bond donors (Lipinski definition) is 1. The first kappa shape index (κ1) is 26.4. The number of hydrogen-bond acceptors (Lipinski definition) is 1. The second-order valence-electron chi connectivity index (χ2n) is 7.70. The monoisotopic (exact) mass is 363 g/mol. The minimum Gasteiger partial charge on any atom is -1.00 e. The van der Waals surface area contributed by atoms with Gasteiger partial charge in [0.15, 0.2) is 0 Å². The molecule has 0 spiro atoms. The van der Waals surface area contributed by atoms with E-state index in [0.29, 0.717) is 6.61 Å². The second kappa shape index (κ2) is 19.5. The predicted molar refractivity (Wildman–Crippen MR) is 104 cm³/mol. The van der Waals surface area contributed by atoms with Crippen LogP contribution >= 0.6 is 0 Å². The highest BCUT2D eigenvalue weighted by atomic mass is 35.5. The highest BCUT2D eigenvalue weighted by molar-refractivity contribution is 4.49. The number of likely N-dealkylation sites (N-methyl/N-ethyl adjacent to an activating group) is 1. The van der Waals surface area contributed by atoms with Gasteiger partial charge in [0.1, 0.15) is 6.54 Å². The third kappa shape index (κ3) is 17.0. The number of unbranched alkanes of at least 4 members (excludes halogenated alkanes) is 13. The number of rotatable bonds is 18. The van der Waals surface area contributed by atoms with Crippen LogP contribution in [0.4, 0.5) is 0 Å². The molecule has 0 radical (unpaired) electrons. The Balaban J connectivity index is 0. The first-order chi connectivity index (χ1) is 11.2. The van der Waals surface area contributed by atoms with Crippen LogP contribution in [0.25, 0.3) is 0 Å². The number of halogens is 1. The minimum absolute atomic E-state index is 0. The van der Waals surface area contributed by atoms with E-state index in [4.69, 9.17) is 5.11 Å². The van der Waals surface area contributed by atoms with Gasteiger partial charge >= 0.3 is 0 Å². The zero-order valence-electron chi connectivity index (χ0n) is 17.0. The standard InChI is InChI=1S/C21H46NO.ClH/c1-4-6-7-8-9-10-11-12-13-14-15-16-17-18-19-22(3,5-2)20-21-23;/h23H,4-21H2,1-3H3;1H/q+1;/p-1. The molecule has 0 aromatic rings. The van der Waals surface area contributed by atoms with E-state index in [1.165, 1.54) is 96.4 Å². The van der Waals surface area contributed by atoms with E-state index in [1.807, 2.05) is 0 Å². The highest BCUT2D eigenvalue weighted by Crippen LogP contribution is 2.13. The molecule has 0 saturated carbocycles. The lowest BCUT2D eigenvalue weighted by Crippen LogP contribution is -3.00. The Hall–Kier alpha value is 0.210. The van der Waals surface area contributed by atoms with Crippen LogP contribution in [0.5, 0.6) is 0 Å². The van der Waals surface area contributed by atoms with Crippen LogP contribution in [0.3, 0.4) is 0 Å². The first-order valence-electron chi connectivity index (χ1n) is 10.6. The van der Waals surface area contributed by atoms with Crippen LogP contribution in [0.2, 0.25) is 0 Å². The maximum atomic E-state index is 9.13. The molecule has 0 rings (SSSR count). The van der Waals surface area contributed by atoms with Gasteiger partial charge < -0.3 is 22.0 Å². The smallest absolute Gasteiger partial charge is 0.102 e. The number of aliphatic hydroxyl groups is 1. The summed E-state index contributed by atoms with van der Waals surface area (Å²) in [6, 6.07) is 0. The summed E-state index contributed by atoms with van der Waals surface area (Å²) in [4.78, 5) is 0. The van der Waals surface area contributed by atoms with Crippen molar-refractivity contribution in [2.75, 3.05) is 33.3 Å². The van der Waals surface area contributed by atoms with Crippen molar-refractivity contribution in [1.29, 1.82) is 0 Å². The maximum Gasteiger partial charge on any atom is 0.102 e. The summed E-state index contributed by atoms with van der Waals surface area (Å²) in [5.74, 6) is 0. The largest absolute Gasteiger partial charge is 1.00 e. The van der Waals surface area contributed by atoms with Crippen molar-refractivity contribution in [1.82, 2.24) is 0 Å². The van der Waals surface area contributed by atoms with E-state index in [-0.39, 0.29) is 12.4 Å². The lowest BCUT2D eigenvalue weighted by Gasteiger charge is -2.32. The fourth-order valence-corrected chi connectivity index (χ4v) is 3.36. The van der Waals surface area contributed by atoms with E-state index in [0.717, 1.165) is 17.6 Å². The molecule has 0 fully saturated rings. The molecule has 148 valence electrons. The van der Waals surface area contributed by atoms with E-state index in [9.17, 15) is 0 Å². The van der Waals surface area contributed by atoms with Gasteiger partial charge in [-0.1, -0.05) is 84.0 Å². The Morgan fingerprint density at radius 3 is 1.29 bits per heavy atom. The molecule has 0 saturated heterocycles. The van der Waals surface area contributed by atoms with Gasteiger partial charge in [-0.25, -0.2) is 0 Å². The molecule has 0 aliphatic carbocycles. The molecule has 0 bridgehead atoms. The van der Waals surface area contributed by atoms with Crippen molar-refractivity contribution in [2.24, 2.45) is 0 Å². The topological polar surface area (TPSA) is 20.2 Å². The van der Waals surface area contributed by atoms with Gasteiger partial charge in [-0.15, -0.1) is 0 Å². The van der Waals surface area contributed by atoms with Gasteiger partial charge in [-0.2, -0.15) is 0 Å². The molecule has 1 N–H and O–H groups in total. The fourth-order valence-electron chi connectivity index (χ4n) is 3.36. The summed E-state index contributed by atoms with van der Waals surface area (Å²) in [5.41, 5.74) is 0. The van der Waals surface area contributed by atoms with Crippen LogP contribution in [-0.2, 0) is 0 Å². The Kier molecular flexibility index (Phi) is 21.5. The molecule has 0 heterocycles. The molecule has 0 aliphatic rings. The summed E-state index contributed by atoms with van der Waals surface area (Å²) >= 11 is 0. The Labute approximate surface area is 159 Å². The van der Waals surface area contributed by atoms with E-state index in [2.05, 4.69) is 20.9 Å². The number of quaternary nitrogens is 1. The fraction of sp³-hybridized carbons (Fsp3) is 1.00. The van der Waals surface area contributed by atoms with Crippen molar-refractivity contribution in [3.63, 3.8) is 0 Å². The molecule has 1 atom stereocenters. The molecule has 0 aromatic heterocycles. The Bertz CT molecular complexity index is 238. The molecular weight excluding hydrogens is 318 g/mol. The van der Waals surface area contributed by atoms with Crippen molar-refractivity contribution in [3.05, 3.63) is 0 Å². The summed E-state index contributed by atoms with van der Waals surface area (Å²) in [7, 11) is 2.28. The summed E-state index contributed by atoms with van der Waals surface area (Å²) in [5, 5.41) is 9.13. The Morgan fingerprint density at radius 1 is 0.583 bits per heavy atom. The highest BCUT2D eigenvalue weighted by Gasteiger charge is 2.17. The summed E-state index contributed by atoms with van der Waals surface area (Å²) in [6.07, 6.45) is 19.9. The lowest BCUT2D eigenvalue weighted by atomic mass is 10.0. The lowest BCUT2D eigenvalue weighted by molar-refractivity contribution is -0.908. The third-order valence-electron chi connectivity index (χ3n) is 5.45. The first-order valence-corrected chi connectivity index (χ1v) is 10.6. The second-order valence-corrected chi connectivity index (χ2v) is 7.70. The predicted octanol–water partition coefficient (Wildman–Crippen LogP) is 2.93. The average Bonchev–Trinajstić information content (AvgIpc) is 2.55. The van der Waals surface area contributed by atoms with Crippen molar-refractivity contribution in [2.45, 2.75) is 104 Å². The zero-order valence-corrected chi connectivity index (χ0v) is 17.8. The van der Waals surface area contributed by atoms with Gasteiger partial charge in [-0.3, -0.25) is 0 Å². The zero-order chi connectivity index (χ0) is 17.2. The van der Waals surface area contributed by atoms with Crippen LogP contribution in [-0.4, -0.2) is 42.9 Å². The minimum atomic E-state index is 0. The normalized spacial score (nSPS) is 13.5. The summed E-state index contributed by atoms with van der Waals surface area (Å²) < 4.78 is 1.04. The van der Waals surface area contributed by atoms with Gasteiger partial charge in [0.05, 0.1) is 26.7 Å². The SMILES string of the molecule is CCCCCCCCCCCCCCCC[N+](C)(CC)CCO.[Cl-]. The summed E-state index contributed by atoms with van der Waals surface area (Å²) in [6.45, 7) is 8.13. The van der Waals surface area contributed by atoms with E-state index in [1.54, 1.807) is 0 Å². The molecule has 0 aliphatic heterocycles. The van der Waals surface area contributed by atoms with Gasteiger partial charge in [0.25, 0.3) is 0 Å². The Morgan fingerprint density at radius 2 is 0.958 bits per heavy atom. The third-order valence-corrected chi connectivity index (χ3v) is 5.45. The number of nitrogens with zero attached hydrogens (tertiary/aromatic N) is 1. The van der Waals surface area contributed by atoms with Crippen LogP contribution in [0.15, 0.2) is 0 Å². The molecule has 2 nitrogen and oxygen atoms in total. The van der Waals surface area contributed by atoms with E-state index < -0.39 is 0 Å². The van der Waals surface area contributed by atoms with Crippen LogP contribution in [0, 0.1) is 0 Å². The average molecular weight is 364 g/mol. The number of aliphatic hydroxyl groups excluding tert-OH is 1. The van der Waals surface area contributed by atoms with Crippen molar-refractivity contribution < 1.29 is 22.0 Å². The molecule has 3 heteroatoms. The maximum absolute atomic E-state index is 9.13. The van der Waals surface area contributed by atoms with Crippen molar-refractivity contribution in [3.8, 4) is 0 Å². The van der Waals surface area contributed by atoms with Crippen molar-refractivity contribution >= 4 is 0 Å². The van der Waals surface area contributed by atoms with Gasteiger partial charge in [-0.05, 0) is 19.8 Å². The molecule has 0 aromatic carbocycles. The molecule has 1 unspecified atom stereocenters. The van der Waals surface area contributed by atoms with Gasteiger partial charge in [0, 0.05) is 0 Å². The molecule has 0 amide bonds.